The van der Waals surface area contributed by atoms with Gasteiger partial charge in [0, 0.05) is 30.1 Å². The summed E-state index contributed by atoms with van der Waals surface area (Å²) in [7, 11) is 1.60. The molecule has 2 aromatic heterocycles. The summed E-state index contributed by atoms with van der Waals surface area (Å²) in [6.07, 6.45) is 1.55. The largest absolute Gasteiger partial charge is 0.497 e. The van der Waals surface area contributed by atoms with E-state index in [0.29, 0.717) is 25.2 Å². The van der Waals surface area contributed by atoms with E-state index in [1.165, 1.54) is 5.56 Å². The molecule has 0 unspecified atom stereocenters. The molecule has 2 heterocycles. The number of methoxy groups -OCH3 is 1. The Bertz CT molecular complexity index is 1150. The van der Waals surface area contributed by atoms with Crippen LogP contribution in [0.3, 0.4) is 0 Å². The minimum atomic E-state index is -0.206. The van der Waals surface area contributed by atoms with Crippen molar-refractivity contribution in [2.75, 3.05) is 20.2 Å². The molecule has 0 saturated carbocycles. The predicted molar refractivity (Wildman–Crippen MR) is 133 cm³/mol. The van der Waals surface area contributed by atoms with Gasteiger partial charge in [0.25, 0.3) is 5.91 Å². The topological polar surface area (TPSA) is 109 Å². The highest BCUT2D eigenvalue weighted by molar-refractivity contribution is 5.98. The molecule has 0 aliphatic rings. The number of fused-ring (bicyclic) bond motifs is 1. The van der Waals surface area contributed by atoms with Gasteiger partial charge in [-0.3, -0.25) is 9.59 Å². The number of aromatic amines is 1. The van der Waals surface area contributed by atoms with Crippen LogP contribution >= 0.6 is 0 Å². The zero-order chi connectivity index (χ0) is 24.8. The van der Waals surface area contributed by atoms with Gasteiger partial charge in [0.05, 0.1) is 12.8 Å². The van der Waals surface area contributed by atoms with E-state index < -0.39 is 0 Å². The lowest BCUT2D eigenvalue weighted by molar-refractivity contribution is -0.109. The van der Waals surface area contributed by atoms with Gasteiger partial charge in [0.1, 0.15) is 17.2 Å². The predicted octanol–water partition coefficient (Wildman–Crippen LogP) is 4.19. The lowest BCUT2D eigenvalue weighted by Crippen LogP contribution is -2.31. The fraction of sp³-hybridized carbons (Fsp3) is 0.269. The van der Waals surface area contributed by atoms with Gasteiger partial charge in [0.15, 0.2) is 0 Å². The van der Waals surface area contributed by atoms with Crippen LogP contribution in [0.4, 0.5) is 0 Å². The molecule has 0 atom stereocenters. The zero-order valence-electron chi connectivity index (χ0n) is 20.1. The van der Waals surface area contributed by atoms with Gasteiger partial charge in [-0.05, 0) is 44.5 Å². The number of aryl methyl sites for hydroxylation is 3. The number of rotatable bonds is 7. The standard InChI is InChI=1S/C13H15N3O3.C7H8.C6H9NO/c1-19-10-2-3-11-9(6-10)7-12(16-11)13(18)15-5-4-14-8-17;1-7-5-3-2-4-6-7;1-3-6-4-5(2)8-7-6/h2-3,6-8,16H,4-5H2,1H3,(H,14,17)(H,15,18);2-6H,1H3;4H,3H2,1-2H3. The molecule has 8 nitrogen and oxygen atoms in total. The molecule has 2 aromatic carbocycles. The molecule has 8 heteroatoms. The Morgan fingerprint density at radius 2 is 1.85 bits per heavy atom. The van der Waals surface area contributed by atoms with Crippen molar-refractivity contribution in [3.63, 3.8) is 0 Å². The number of benzene rings is 2. The molecule has 0 bridgehead atoms. The van der Waals surface area contributed by atoms with E-state index in [-0.39, 0.29) is 5.91 Å². The van der Waals surface area contributed by atoms with Gasteiger partial charge in [0.2, 0.25) is 6.41 Å². The Labute approximate surface area is 199 Å². The van der Waals surface area contributed by atoms with Crippen molar-refractivity contribution in [2.45, 2.75) is 27.2 Å². The molecule has 180 valence electrons. The van der Waals surface area contributed by atoms with Crippen molar-refractivity contribution in [3.8, 4) is 5.75 Å². The number of nitrogens with one attached hydrogen (secondary N) is 3. The Morgan fingerprint density at radius 1 is 1.09 bits per heavy atom. The summed E-state index contributed by atoms with van der Waals surface area (Å²) >= 11 is 0. The van der Waals surface area contributed by atoms with Gasteiger partial charge in [-0.1, -0.05) is 48.0 Å². The maximum absolute atomic E-state index is 11.8. The average Bonchev–Trinajstić information content (AvgIpc) is 3.48. The number of nitrogens with zero attached hydrogens (tertiary/aromatic N) is 1. The third-order valence-electron chi connectivity index (χ3n) is 4.69. The van der Waals surface area contributed by atoms with Crippen molar-refractivity contribution in [3.05, 3.63) is 83.4 Å². The summed E-state index contributed by atoms with van der Waals surface area (Å²) in [5.74, 6) is 1.43. The van der Waals surface area contributed by atoms with Crippen molar-refractivity contribution in [2.24, 2.45) is 0 Å². The first-order valence-electron chi connectivity index (χ1n) is 11.0. The molecule has 0 saturated heterocycles. The second-order valence-electron chi connectivity index (χ2n) is 7.40. The van der Waals surface area contributed by atoms with Gasteiger partial charge >= 0.3 is 0 Å². The first-order chi connectivity index (χ1) is 16.5. The number of ether oxygens (including phenoxy) is 1. The second-order valence-corrected chi connectivity index (χ2v) is 7.40. The van der Waals surface area contributed by atoms with Crippen LogP contribution in [0.5, 0.6) is 5.75 Å². The average molecular weight is 465 g/mol. The van der Waals surface area contributed by atoms with Crippen molar-refractivity contribution >= 4 is 23.2 Å². The molecule has 0 radical (unpaired) electrons. The van der Waals surface area contributed by atoms with Gasteiger partial charge < -0.3 is 24.9 Å². The van der Waals surface area contributed by atoms with E-state index in [1.807, 2.05) is 49.4 Å². The van der Waals surface area contributed by atoms with Gasteiger partial charge in [-0.2, -0.15) is 0 Å². The monoisotopic (exact) mass is 464 g/mol. The Hall–Kier alpha value is -4.07. The van der Waals surface area contributed by atoms with Crippen LogP contribution in [-0.4, -0.2) is 42.7 Å². The number of H-pyrrole nitrogens is 1. The minimum absolute atomic E-state index is 0.206. The molecular formula is C26H32N4O4. The van der Waals surface area contributed by atoms with E-state index >= 15 is 0 Å². The van der Waals surface area contributed by atoms with E-state index in [4.69, 9.17) is 9.26 Å². The number of amides is 2. The van der Waals surface area contributed by atoms with Crippen molar-refractivity contribution in [1.82, 2.24) is 20.8 Å². The van der Waals surface area contributed by atoms with E-state index in [0.717, 1.165) is 34.5 Å². The highest BCUT2D eigenvalue weighted by Gasteiger charge is 2.09. The Morgan fingerprint density at radius 3 is 2.38 bits per heavy atom. The van der Waals surface area contributed by atoms with Crippen molar-refractivity contribution in [1.29, 1.82) is 0 Å². The first-order valence-corrected chi connectivity index (χ1v) is 11.0. The fourth-order valence-corrected chi connectivity index (χ4v) is 2.88. The van der Waals surface area contributed by atoms with Crippen LogP contribution in [0.2, 0.25) is 0 Å². The fourth-order valence-electron chi connectivity index (χ4n) is 2.88. The third kappa shape index (κ3) is 8.82. The van der Waals surface area contributed by atoms with Crippen LogP contribution in [0.1, 0.15) is 34.4 Å². The second kappa shape index (κ2) is 14.2. The van der Waals surface area contributed by atoms with Crippen LogP contribution in [0.25, 0.3) is 10.9 Å². The molecule has 34 heavy (non-hydrogen) atoms. The number of aromatic nitrogens is 2. The zero-order valence-corrected chi connectivity index (χ0v) is 20.1. The van der Waals surface area contributed by atoms with Crippen molar-refractivity contribution < 1.29 is 18.8 Å². The Kier molecular flexibility index (Phi) is 10.9. The number of hydrogen-bond acceptors (Lipinski definition) is 5. The lowest BCUT2D eigenvalue weighted by Gasteiger charge is -2.02. The van der Waals surface area contributed by atoms with Crippen LogP contribution in [-0.2, 0) is 11.2 Å². The first kappa shape index (κ1) is 26.2. The summed E-state index contributed by atoms with van der Waals surface area (Å²) < 4.78 is 9.93. The van der Waals surface area contributed by atoms with E-state index in [2.05, 4.69) is 46.8 Å². The molecule has 3 N–H and O–H groups in total. The SMILES string of the molecule is CCc1cc(C)on1.COc1ccc2[nH]c(C(=O)NCCNC=O)cc2c1.Cc1ccccc1. The summed E-state index contributed by atoms with van der Waals surface area (Å²) in [5.41, 5.74) is 3.70. The molecule has 0 spiro atoms. The van der Waals surface area contributed by atoms with Crippen LogP contribution in [0.15, 0.2) is 65.2 Å². The molecule has 4 rings (SSSR count). The molecule has 4 aromatic rings. The molecule has 0 aliphatic heterocycles. The van der Waals surface area contributed by atoms with Gasteiger partial charge in [-0.15, -0.1) is 0 Å². The van der Waals surface area contributed by atoms with Crippen LogP contribution in [0, 0.1) is 13.8 Å². The highest BCUT2D eigenvalue weighted by atomic mass is 16.5. The third-order valence-corrected chi connectivity index (χ3v) is 4.69. The summed E-state index contributed by atoms with van der Waals surface area (Å²) in [4.78, 5) is 24.9. The quantitative estimate of drug-likeness (QED) is 0.281. The number of carbonyl (C=O) groups excluding carboxylic acids is 2. The number of hydrogen-bond donors (Lipinski definition) is 3. The molecule has 0 fully saturated rings. The summed E-state index contributed by atoms with van der Waals surface area (Å²) in [5, 5.41) is 9.85. The van der Waals surface area contributed by atoms with Crippen LogP contribution < -0.4 is 15.4 Å². The van der Waals surface area contributed by atoms with E-state index in [9.17, 15) is 9.59 Å². The highest BCUT2D eigenvalue weighted by Crippen LogP contribution is 2.21. The lowest BCUT2D eigenvalue weighted by atomic mass is 10.2. The maximum Gasteiger partial charge on any atom is 0.267 e. The summed E-state index contributed by atoms with van der Waals surface area (Å²) in [6, 6.07) is 19.5. The van der Waals surface area contributed by atoms with Gasteiger partial charge in [-0.25, -0.2) is 0 Å². The normalized spacial score (nSPS) is 9.76. The summed E-state index contributed by atoms with van der Waals surface area (Å²) in [6.45, 7) is 6.82. The molecular weight excluding hydrogens is 432 g/mol. The maximum atomic E-state index is 11.8. The van der Waals surface area contributed by atoms with E-state index in [1.54, 1.807) is 13.2 Å². The molecule has 0 aliphatic carbocycles. The smallest absolute Gasteiger partial charge is 0.267 e. The molecule has 2 amide bonds. The minimum Gasteiger partial charge on any atom is -0.497 e. The number of carbonyl (C=O) groups is 2. The Balaban J connectivity index is 0.000000222.